The second-order valence-corrected chi connectivity index (χ2v) is 3.28. The Labute approximate surface area is 71.9 Å². The van der Waals surface area contributed by atoms with E-state index in [9.17, 15) is 9.18 Å². The first kappa shape index (κ1) is 9.45. The van der Waals surface area contributed by atoms with E-state index >= 15 is 0 Å². The Hall–Kier alpha value is -0.640. The third-order valence-corrected chi connectivity index (χ3v) is 2.25. The van der Waals surface area contributed by atoms with Crippen molar-refractivity contribution >= 4 is 5.91 Å². The van der Waals surface area contributed by atoms with Crippen LogP contribution < -0.4 is 5.32 Å². The summed E-state index contributed by atoms with van der Waals surface area (Å²) in [6, 6.07) is 0.164. The summed E-state index contributed by atoms with van der Waals surface area (Å²) in [4.78, 5) is 12.9. The van der Waals surface area contributed by atoms with Crippen molar-refractivity contribution in [3.63, 3.8) is 0 Å². The van der Waals surface area contributed by atoms with E-state index in [1.165, 1.54) is 0 Å². The maximum absolute atomic E-state index is 12.4. The summed E-state index contributed by atoms with van der Waals surface area (Å²) >= 11 is 0. The van der Waals surface area contributed by atoms with E-state index in [0.29, 0.717) is 19.5 Å². The third kappa shape index (κ3) is 2.17. The molecule has 0 aromatic heterocycles. The Bertz CT molecular complexity index is 168. The van der Waals surface area contributed by atoms with Gasteiger partial charge in [0.2, 0.25) is 5.91 Å². The van der Waals surface area contributed by atoms with Crippen molar-refractivity contribution in [2.24, 2.45) is 0 Å². The van der Waals surface area contributed by atoms with Gasteiger partial charge in [0.25, 0.3) is 0 Å². The van der Waals surface area contributed by atoms with Crippen LogP contribution in [0.25, 0.3) is 0 Å². The van der Waals surface area contributed by atoms with E-state index in [1.807, 2.05) is 11.8 Å². The summed E-state index contributed by atoms with van der Waals surface area (Å²) < 4.78 is 12.4. The minimum absolute atomic E-state index is 0.0183. The fourth-order valence-electron chi connectivity index (χ4n) is 1.31. The molecule has 1 heterocycles. The number of amides is 1. The van der Waals surface area contributed by atoms with Gasteiger partial charge < -0.3 is 5.32 Å². The number of nitrogens with one attached hydrogen (secondary N) is 1. The molecule has 0 aliphatic carbocycles. The van der Waals surface area contributed by atoms with Crippen LogP contribution in [0.2, 0.25) is 0 Å². The molecule has 1 saturated heterocycles. The van der Waals surface area contributed by atoms with E-state index in [-0.39, 0.29) is 11.9 Å². The van der Waals surface area contributed by atoms with Crippen LogP contribution in [0.3, 0.4) is 0 Å². The smallest absolute Gasteiger partial charge is 0.221 e. The van der Waals surface area contributed by atoms with Crippen molar-refractivity contribution in [2.45, 2.75) is 25.6 Å². The molecule has 4 heteroatoms. The molecule has 1 unspecified atom stereocenters. The Morgan fingerprint density at radius 3 is 2.75 bits per heavy atom. The first-order valence-electron chi connectivity index (χ1n) is 4.22. The summed E-state index contributed by atoms with van der Waals surface area (Å²) in [5.74, 6) is 0.0183. The van der Waals surface area contributed by atoms with Crippen molar-refractivity contribution in [2.75, 3.05) is 20.1 Å². The van der Waals surface area contributed by atoms with Crippen LogP contribution >= 0.6 is 0 Å². The number of hydrogen-bond acceptors (Lipinski definition) is 2. The molecule has 1 atom stereocenters. The predicted molar refractivity (Wildman–Crippen MR) is 44.6 cm³/mol. The molecule has 1 amide bonds. The quantitative estimate of drug-likeness (QED) is 0.661. The van der Waals surface area contributed by atoms with Crippen molar-refractivity contribution in [1.29, 1.82) is 0 Å². The maximum atomic E-state index is 12.4. The van der Waals surface area contributed by atoms with Gasteiger partial charge in [0.15, 0.2) is 0 Å². The molecule has 1 aliphatic heterocycles. The molecule has 0 aromatic rings. The molecular weight excluding hydrogens is 159 g/mol. The molecule has 0 spiro atoms. The number of nitrogens with zero attached hydrogens (tertiary/aromatic N) is 1. The van der Waals surface area contributed by atoms with Crippen LogP contribution in [0.4, 0.5) is 4.39 Å². The SMILES string of the molecule is CNC(=O)CC(C)N1CC(F)C1. The molecule has 1 aliphatic rings. The maximum Gasteiger partial charge on any atom is 0.221 e. The lowest BCUT2D eigenvalue weighted by Crippen LogP contribution is -2.53. The summed E-state index contributed by atoms with van der Waals surface area (Å²) in [6.45, 7) is 2.91. The van der Waals surface area contributed by atoms with Gasteiger partial charge in [0.05, 0.1) is 0 Å². The average Bonchev–Trinajstić information content (AvgIpc) is 1.98. The number of rotatable bonds is 3. The molecule has 0 radical (unpaired) electrons. The van der Waals surface area contributed by atoms with Gasteiger partial charge in [-0.1, -0.05) is 0 Å². The van der Waals surface area contributed by atoms with E-state index in [2.05, 4.69) is 5.32 Å². The highest BCUT2D eigenvalue weighted by molar-refractivity contribution is 5.76. The summed E-state index contributed by atoms with van der Waals surface area (Å²) in [7, 11) is 1.61. The van der Waals surface area contributed by atoms with Crippen LogP contribution in [-0.4, -0.2) is 43.2 Å². The number of halogens is 1. The fourth-order valence-corrected chi connectivity index (χ4v) is 1.31. The van der Waals surface area contributed by atoms with Gasteiger partial charge in [-0.25, -0.2) is 4.39 Å². The molecule has 0 saturated carbocycles. The van der Waals surface area contributed by atoms with Crippen molar-refractivity contribution in [3.05, 3.63) is 0 Å². The standard InChI is InChI=1S/C8H15FN2O/c1-6(3-8(12)10-2)11-4-7(9)5-11/h6-7H,3-5H2,1-2H3,(H,10,12). The van der Waals surface area contributed by atoms with E-state index in [4.69, 9.17) is 0 Å². The zero-order chi connectivity index (χ0) is 9.14. The van der Waals surface area contributed by atoms with Gasteiger partial charge in [-0.05, 0) is 6.92 Å². The van der Waals surface area contributed by atoms with Gasteiger partial charge in [0.1, 0.15) is 6.17 Å². The average molecular weight is 174 g/mol. The second-order valence-electron chi connectivity index (χ2n) is 3.28. The molecule has 1 rings (SSSR count). The third-order valence-electron chi connectivity index (χ3n) is 2.25. The highest BCUT2D eigenvalue weighted by Crippen LogP contribution is 2.16. The topological polar surface area (TPSA) is 32.3 Å². The van der Waals surface area contributed by atoms with Gasteiger partial charge in [-0.3, -0.25) is 9.69 Å². The van der Waals surface area contributed by atoms with E-state index in [1.54, 1.807) is 7.05 Å². The van der Waals surface area contributed by atoms with E-state index in [0.717, 1.165) is 0 Å². The van der Waals surface area contributed by atoms with Gasteiger partial charge in [-0.15, -0.1) is 0 Å². The monoisotopic (exact) mass is 174 g/mol. The van der Waals surface area contributed by atoms with Crippen LogP contribution in [-0.2, 0) is 4.79 Å². The van der Waals surface area contributed by atoms with Crippen LogP contribution in [0, 0.1) is 0 Å². The second kappa shape index (κ2) is 3.85. The first-order chi connectivity index (χ1) is 5.63. The molecule has 1 N–H and O–H groups in total. The summed E-state index contributed by atoms with van der Waals surface area (Å²) in [6.07, 6.45) is -0.222. The zero-order valence-corrected chi connectivity index (χ0v) is 7.51. The first-order valence-corrected chi connectivity index (χ1v) is 4.22. The van der Waals surface area contributed by atoms with Crippen LogP contribution in [0.5, 0.6) is 0 Å². The number of likely N-dealkylation sites (tertiary alicyclic amines) is 1. The summed E-state index contributed by atoms with van der Waals surface area (Å²) in [5, 5.41) is 2.55. The van der Waals surface area contributed by atoms with Crippen molar-refractivity contribution in [1.82, 2.24) is 10.2 Å². The highest BCUT2D eigenvalue weighted by Gasteiger charge is 2.30. The molecule has 0 aromatic carbocycles. The van der Waals surface area contributed by atoms with Gasteiger partial charge in [0, 0.05) is 32.6 Å². The lowest BCUT2D eigenvalue weighted by molar-refractivity contribution is -0.122. The van der Waals surface area contributed by atoms with Crippen LogP contribution in [0.15, 0.2) is 0 Å². The van der Waals surface area contributed by atoms with Crippen molar-refractivity contribution < 1.29 is 9.18 Å². The largest absolute Gasteiger partial charge is 0.359 e. The predicted octanol–water partition coefficient (Wildman–Crippen LogP) is 0.165. The zero-order valence-electron chi connectivity index (χ0n) is 7.51. The number of carbonyl (C=O) groups is 1. The normalized spacial score (nSPS) is 21.6. The molecule has 1 fully saturated rings. The Balaban J connectivity index is 2.20. The molecule has 3 nitrogen and oxygen atoms in total. The minimum atomic E-state index is -0.683. The lowest BCUT2D eigenvalue weighted by atomic mass is 10.1. The van der Waals surface area contributed by atoms with Crippen LogP contribution in [0.1, 0.15) is 13.3 Å². The molecular formula is C8H15FN2O. The summed E-state index contributed by atoms with van der Waals surface area (Å²) in [5.41, 5.74) is 0. The highest BCUT2D eigenvalue weighted by atomic mass is 19.1. The number of carbonyl (C=O) groups excluding carboxylic acids is 1. The fraction of sp³-hybridized carbons (Fsp3) is 0.875. The van der Waals surface area contributed by atoms with Gasteiger partial charge in [-0.2, -0.15) is 0 Å². The van der Waals surface area contributed by atoms with E-state index < -0.39 is 6.17 Å². The molecule has 70 valence electrons. The Kier molecular flexibility index (Phi) is 3.03. The number of hydrogen-bond donors (Lipinski definition) is 1. The minimum Gasteiger partial charge on any atom is -0.359 e. The molecule has 12 heavy (non-hydrogen) atoms. The van der Waals surface area contributed by atoms with Gasteiger partial charge >= 0.3 is 0 Å². The number of alkyl halides is 1. The Morgan fingerprint density at radius 1 is 1.75 bits per heavy atom. The Morgan fingerprint density at radius 2 is 2.33 bits per heavy atom. The molecule has 0 bridgehead atoms. The lowest BCUT2D eigenvalue weighted by Gasteiger charge is -2.38. The van der Waals surface area contributed by atoms with Crippen molar-refractivity contribution in [3.8, 4) is 0 Å².